The molecule has 1 aromatic heterocycles. The third-order valence-corrected chi connectivity index (χ3v) is 2.60. The van der Waals surface area contributed by atoms with E-state index in [1.807, 2.05) is 18.3 Å². The van der Waals surface area contributed by atoms with Crippen LogP contribution in [0.3, 0.4) is 0 Å². The quantitative estimate of drug-likeness (QED) is 0.857. The number of nitrogens with one attached hydrogen (secondary N) is 2. The van der Waals surface area contributed by atoms with Gasteiger partial charge in [-0.1, -0.05) is 0 Å². The number of halogens is 3. The largest absolute Gasteiger partial charge is 0.405 e. The van der Waals surface area contributed by atoms with E-state index in [1.165, 1.54) is 6.92 Å². The number of hydrogen-bond donors (Lipinski definition) is 2. The highest BCUT2D eigenvalue weighted by atomic mass is 19.4. The fourth-order valence-electron chi connectivity index (χ4n) is 1.38. The Morgan fingerprint density at radius 1 is 1.47 bits per heavy atom. The van der Waals surface area contributed by atoms with Gasteiger partial charge in [-0.05, 0) is 31.0 Å². The van der Waals surface area contributed by atoms with Crippen LogP contribution < -0.4 is 10.6 Å². The van der Waals surface area contributed by atoms with Crippen molar-refractivity contribution >= 4 is 5.91 Å². The van der Waals surface area contributed by atoms with Crippen molar-refractivity contribution in [2.75, 3.05) is 6.54 Å². The highest BCUT2D eigenvalue weighted by Crippen LogP contribution is 2.12. The first-order valence-corrected chi connectivity index (χ1v) is 5.77. The van der Waals surface area contributed by atoms with Gasteiger partial charge in [-0.3, -0.25) is 9.78 Å². The molecule has 4 nitrogen and oxygen atoms in total. The molecule has 0 spiro atoms. The summed E-state index contributed by atoms with van der Waals surface area (Å²) in [4.78, 5) is 15.4. The minimum absolute atomic E-state index is 0.375. The first-order valence-electron chi connectivity index (χ1n) is 5.77. The number of amides is 1. The van der Waals surface area contributed by atoms with Crippen LogP contribution in [0, 0.1) is 6.92 Å². The molecule has 2 N–H and O–H groups in total. The Kier molecular flexibility index (Phi) is 5.29. The lowest BCUT2D eigenvalue weighted by molar-refractivity contribution is -0.139. The van der Waals surface area contributed by atoms with Crippen molar-refractivity contribution in [1.82, 2.24) is 15.6 Å². The van der Waals surface area contributed by atoms with Gasteiger partial charge in [0.05, 0.1) is 6.04 Å². The third kappa shape index (κ3) is 5.69. The van der Waals surface area contributed by atoms with Crippen LogP contribution in [0.5, 0.6) is 0 Å². The predicted molar refractivity (Wildman–Crippen MR) is 64.3 cm³/mol. The number of alkyl halides is 3. The zero-order valence-electron chi connectivity index (χ0n) is 10.7. The van der Waals surface area contributed by atoms with Gasteiger partial charge in [0.1, 0.15) is 6.54 Å². The first kappa shape index (κ1) is 15.4. The van der Waals surface area contributed by atoms with Gasteiger partial charge in [-0.15, -0.1) is 0 Å². The lowest BCUT2D eigenvalue weighted by Crippen LogP contribution is -2.45. The molecule has 106 valence electrons. The van der Waals surface area contributed by atoms with Crippen molar-refractivity contribution in [3.05, 3.63) is 29.6 Å². The van der Waals surface area contributed by atoms with Gasteiger partial charge in [0.2, 0.25) is 5.91 Å². The maximum atomic E-state index is 11.9. The van der Waals surface area contributed by atoms with Crippen molar-refractivity contribution in [2.24, 2.45) is 0 Å². The minimum Gasteiger partial charge on any atom is -0.346 e. The van der Waals surface area contributed by atoms with Crippen molar-refractivity contribution in [1.29, 1.82) is 0 Å². The number of aromatic nitrogens is 1. The van der Waals surface area contributed by atoms with Crippen LogP contribution in [0.1, 0.15) is 18.1 Å². The fraction of sp³-hybridized carbons (Fsp3) is 0.500. The Labute approximate surface area is 109 Å². The smallest absolute Gasteiger partial charge is 0.346 e. The van der Waals surface area contributed by atoms with E-state index in [0.717, 1.165) is 11.1 Å². The van der Waals surface area contributed by atoms with Crippen molar-refractivity contribution in [2.45, 2.75) is 32.6 Å². The van der Waals surface area contributed by atoms with Crippen LogP contribution in [-0.4, -0.2) is 29.7 Å². The van der Waals surface area contributed by atoms with Gasteiger partial charge in [0, 0.05) is 18.9 Å². The summed E-state index contributed by atoms with van der Waals surface area (Å²) in [5.74, 6) is -0.682. The van der Waals surface area contributed by atoms with E-state index >= 15 is 0 Å². The normalized spacial score (nSPS) is 13.1. The van der Waals surface area contributed by atoms with Gasteiger partial charge in [0.25, 0.3) is 0 Å². The van der Waals surface area contributed by atoms with Gasteiger partial charge < -0.3 is 10.6 Å². The lowest BCUT2D eigenvalue weighted by Gasteiger charge is -2.15. The van der Waals surface area contributed by atoms with E-state index < -0.39 is 24.7 Å². The molecular weight excluding hydrogens is 259 g/mol. The van der Waals surface area contributed by atoms with E-state index in [-0.39, 0.29) is 0 Å². The number of aryl methyl sites for hydroxylation is 1. The molecule has 7 heteroatoms. The molecule has 0 bridgehead atoms. The summed E-state index contributed by atoms with van der Waals surface area (Å²) in [6.07, 6.45) is -1.09. The summed E-state index contributed by atoms with van der Waals surface area (Å²) < 4.78 is 35.8. The molecule has 1 atom stereocenters. The standard InChI is InChI=1S/C12H16F3N3O/c1-8-3-4-16-5-10(8)6-17-9(2)11(19)18-7-12(13,14)15/h3-5,9,17H,6-7H2,1-2H3,(H,18,19). The number of carbonyl (C=O) groups is 1. The number of nitrogens with zero attached hydrogens (tertiary/aromatic N) is 1. The molecule has 0 aliphatic carbocycles. The summed E-state index contributed by atoms with van der Waals surface area (Å²) >= 11 is 0. The Hall–Kier alpha value is -1.63. The predicted octanol–water partition coefficient (Wildman–Crippen LogP) is 1.55. The summed E-state index contributed by atoms with van der Waals surface area (Å²) in [6, 6.07) is 1.12. The molecule has 19 heavy (non-hydrogen) atoms. The van der Waals surface area contributed by atoms with Crippen LogP contribution in [-0.2, 0) is 11.3 Å². The average Bonchev–Trinajstić information content (AvgIpc) is 2.33. The van der Waals surface area contributed by atoms with Crippen LogP contribution in [0.15, 0.2) is 18.5 Å². The van der Waals surface area contributed by atoms with E-state index in [4.69, 9.17) is 0 Å². The molecule has 0 radical (unpaired) electrons. The second-order valence-corrected chi connectivity index (χ2v) is 4.24. The summed E-state index contributed by atoms with van der Waals surface area (Å²) in [7, 11) is 0. The fourth-order valence-corrected chi connectivity index (χ4v) is 1.38. The summed E-state index contributed by atoms with van der Waals surface area (Å²) in [5, 5.41) is 4.69. The highest BCUT2D eigenvalue weighted by Gasteiger charge is 2.28. The molecule has 0 aromatic carbocycles. The van der Waals surface area contributed by atoms with Crippen molar-refractivity contribution in [3.63, 3.8) is 0 Å². The molecule has 0 saturated heterocycles. The molecular formula is C12H16F3N3O. The molecule has 0 saturated carbocycles. The molecule has 1 unspecified atom stereocenters. The Morgan fingerprint density at radius 2 is 2.16 bits per heavy atom. The van der Waals surface area contributed by atoms with E-state index in [1.54, 1.807) is 12.4 Å². The molecule has 1 amide bonds. The van der Waals surface area contributed by atoms with Gasteiger partial charge in [-0.2, -0.15) is 13.2 Å². The Morgan fingerprint density at radius 3 is 2.74 bits per heavy atom. The van der Waals surface area contributed by atoms with Crippen LogP contribution in [0.4, 0.5) is 13.2 Å². The molecule has 1 rings (SSSR count). The number of pyridine rings is 1. The molecule has 0 fully saturated rings. The summed E-state index contributed by atoms with van der Waals surface area (Å²) in [5.41, 5.74) is 1.91. The van der Waals surface area contributed by atoms with Crippen molar-refractivity contribution < 1.29 is 18.0 Å². The van der Waals surface area contributed by atoms with Gasteiger partial charge >= 0.3 is 6.18 Å². The van der Waals surface area contributed by atoms with Crippen LogP contribution in [0.2, 0.25) is 0 Å². The van der Waals surface area contributed by atoms with E-state index in [0.29, 0.717) is 6.54 Å². The molecule has 0 aliphatic heterocycles. The second kappa shape index (κ2) is 6.51. The van der Waals surface area contributed by atoms with Gasteiger partial charge in [0.15, 0.2) is 0 Å². The molecule has 0 aliphatic rings. The maximum Gasteiger partial charge on any atom is 0.405 e. The maximum absolute atomic E-state index is 11.9. The third-order valence-electron chi connectivity index (χ3n) is 2.60. The number of rotatable bonds is 5. The monoisotopic (exact) mass is 275 g/mol. The second-order valence-electron chi connectivity index (χ2n) is 4.24. The van der Waals surface area contributed by atoms with Gasteiger partial charge in [-0.25, -0.2) is 0 Å². The summed E-state index contributed by atoms with van der Waals surface area (Å²) in [6.45, 7) is 2.47. The number of carbonyl (C=O) groups excluding carboxylic acids is 1. The van der Waals surface area contributed by atoms with E-state index in [9.17, 15) is 18.0 Å². The Bertz CT molecular complexity index is 434. The zero-order chi connectivity index (χ0) is 14.5. The molecule has 1 heterocycles. The lowest BCUT2D eigenvalue weighted by atomic mass is 10.1. The van der Waals surface area contributed by atoms with Crippen LogP contribution in [0.25, 0.3) is 0 Å². The average molecular weight is 275 g/mol. The Balaban J connectivity index is 2.41. The molecule has 1 aromatic rings. The minimum atomic E-state index is -4.39. The zero-order valence-corrected chi connectivity index (χ0v) is 10.7. The SMILES string of the molecule is Cc1ccncc1CNC(C)C(=O)NCC(F)(F)F. The first-order chi connectivity index (χ1) is 8.79. The highest BCUT2D eigenvalue weighted by molar-refractivity contribution is 5.81. The van der Waals surface area contributed by atoms with Crippen molar-refractivity contribution in [3.8, 4) is 0 Å². The van der Waals surface area contributed by atoms with Crippen LogP contribution >= 0.6 is 0 Å². The number of hydrogen-bond acceptors (Lipinski definition) is 3. The topological polar surface area (TPSA) is 54.0 Å². The van der Waals surface area contributed by atoms with E-state index in [2.05, 4.69) is 10.3 Å².